The minimum atomic E-state index is -0.684. The number of likely N-dealkylation sites (tertiary alicyclic amines) is 1. The third-order valence-electron chi connectivity index (χ3n) is 3.22. The monoisotopic (exact) mass is 238 g/mol. The third-order valence-corrected chi connectivity index (χ3v) is 3.22. The van der Waals surface area contributed by atoms with E-state index < -0.39 is 6.04 Å². The molecule has 0 aliphatic carbocycles. The molecule has 1 amide bonds. The Morgan fingerprint density at radius 2 is 2.53 bits per heavy atom. The molecule has 2 unspecified atom stereocenters. The van der Waals surface area contributed by atoms with Crippen LogP contribution in [0.15, 0.2) is 12.4 Å². The summed E-state index contributed by atoms with van der Waals surface area (Å²) in [6.07, 6.45) is 5.12. The van der Waals surface area contributed by atoms with Crippen molar-refractivity contribution in [2.45, 2.75) is 24.9 Å². The molecule has 6 nitrogen and oxygen atoms in total. The first kappa shape index (κ1) is 12.1. The molecule has 0 spiro atoms. The van der Waals surface area contributed by atoms with Crippen molar-refractivity contribution in [2.75, 3.05) is 13.2 Å². The number of rotatable bonds is 3. The van der Waals surface area contributed by atoms with Crippen LogP contribution in [-0.4, -0.2) is 44.9 Å². The van der Waals surface area contributed by atoms with E-state index in [0.29, 0.717) is 12.1 Å². The second-order valence-electron chi connectivity index (χ2n) is 4.44. The summed E-state index contributed by atoms with van der Waals surface area (Å²) in [6, 6.07) is -0.763. The highest BCUT2D eigenvalue weighted by molar-refractivity contribution is 5.83. The summed E-state index contributed by atoms with van der Waals surface area (Å²) in [4.78, 5) is 13.9. The van der Waals surface area contributed by atoms with Crippen LogP contribution >= 0.6 is 0 Å². The standard InChI is InChI=1S/C11H18N4O2/c1-14-6-8(5-13-14)10(12)11(17)15-4-2-3-9(15)7-16/h5-6,9-10,16H,2-4,7,12H2,1H3. The van der Waals surface area contributed by atoms with Gasteiger partial charge in [0.15, 0.2) is 0 Å². The van der Waals surface area contributed by atoms with Gasteiger partial charge in [0.05, 0.1) is 18.8 Å². The summed E-state index contributed by atoms with van der Waals surface area (Å²) in [7, 11) is 1.78. The molecule has 2 rings (SSSR count). The third kappa shape index (κ3) is 2.32. The van der Waals surface area contributed by atoms with Crippen molar-refractivity contribution >= 4 is 5.91 Å². The topological polar surface area (TPSA) is 84.4 Å². The number of hydrogen-bond acceptors (Lipinski definition) is 4. The zero-order chi connectivity index (χ0) is 12.4. The van der Waals surface area contributed by atoms with E-state index in [1.54, 1.807) is 29.0 Å². The van der Waals surface area contributed by atoms with E-state index in [1.807, 2.05) is 0 Å². The Morgan fingerprint density at radius 1 is 1.76 bits per heavy atom. The van der Waals surface area contributed by atoms with Crippen LogP contribution in [0.1, 0.15) is 24.4 Å². The minimum Gasteiger partial charge on any atom is -0.394 e. The number of aliphatic hydroxyl groups is 1. The maximum absolute atomic E-state index is 12.2. The smallest absolute Gasteiger partial charge is 0.244 e. The molecule has 2 heterocycles. The summed E-state index contributed by atoms with van der Waals surface area (Å²) in [5.74, 6) is -0.130. The zero-order valence-corrected chi connectivity index (χ0v) is 9.91. The fraction of sp³-hybridized carbons (Fsp3) is 0.636. The molecule has 2 atom stereocenters. The lowest BCUT2D eigenvalue weighted by Gasteiger charge is -2.25. The molecule has 1 aliphatic rings. The summed E-state index contributed by atoms with van der Waals surface area (Å²) in [6.45, 7) is 0.684. The van der Waals surface area contributed by atoms with Crippen molar-refractivity contribution < 1.29 is 9.90 Å². The average Bonchev–Trinajstić information content (AvgIpc) is 2.95. The fourth-order valence-corrected chi connectivity index (χ4v) is 2.24. The predicted molar refractivity (Wildman–Crippen MR) is 62.0 cm³/mol. The molecule has 94 valence electrons. The van der Waals surface area contributed by atoms with Crippen LogP contribution in [-0.2, 0) is 11.8 Å². The Labute approximate surface area is 100 Å². The average molecular weight is 238 g/mol. The van der Waals surface area contributed by atoms with Gasteiger partial charge in [0.25, 0.3) is 0 Å². The molecule has 0 aromatic carbocycles. The van der Waals surface area contributed by atoms with Gasteiger partial charge in [-0.25, -0.2) is 0 Å². The lowest BCUT2D eigenvalue weighted by atomic mass is 10.1. The lowest BCUT2D eigenvalue weighted by Crippen LogP contribution is -2.42. The molecule has 6 heteroatoms. The SMILES string of the molecule is Cn1cc(C(N)C(=O)N2CCCC2CO)cn1. The van der Waals surface area contributed by atoms with Gasteiger partial charge in [-0.05, 0) is 12.8 Å². The largest absolute Gasteiger partial charge is 0.394 e. The molecule has 0 radical (unpaired) electrons. The first-order valence-electron chi connectivity index (χ1n) is 5.79. The molecule has 3 N–H and O–H groups in total. The summed E-state index contributed by atoms with van der Waals surface area (Å²) >= 11 is 0. The normalized spacial score (nSPS) is 21.8. The van der Waals surface area contributed by atoms with E-state index in [1.165, 1.54) is 0 Å². The lowest BCUT2D eigenvalue weighted by molar-refractivity contribution is -0.134. The van der Waals surface area contributed by atoms with Crippen molar-refractivity contribution in [2.24, 2.45) is 12.8 Å². The molecule has 1 aromatic rings. The molecule has 1 aromatic heterocycles. The molecule has 0 bridgehead atoms. The summed E-state index contributed by atoms with van der Waals surface area (Å²) in [5.41, 5.74) is 6.63. The van der Waals surface area contributed by atoms with Gasteiger partial charge in [-0.3, -0.25) is 9.48 Å². The van der Waals surface area contributed by atoms with Crippen molar-refractivity contribution in [1.29, 1.82) is 0 Å². The van der Waals surface area contributed by atoms with E-state index in [0.717, 1.165) is 12.8 Å². The highest BCUT2D eigenvalue weighted by atomic mass is 16.3. The van der Waals surface area contributed by atoms with Crippen LogP contribution in [0.3, 0.4) is 0 Å². The second-order valence-corrected chi connectivity index (χ2v) is 4.44. The van der Waals surface area contributed by atoms with Crippen molar-refractivity contribution in [3.05, 3.63) is 18.0 Å². The van der Waals surface area contributed by atoms with Crippen LogP contribution in [0, 0.1) is 0 Å². The first-order valence-corrected chi connectivity index (χ1v) is 5.79. The van der Waals surface area contributed by atoms with Crippen LogP contribution in [0.25, 0.3) is 0 Å². The minimum absolute atomic E-state index is 0.00546. The van der Waals surface area contributed by atoms with Crippen molar-refractivity contribution in [1.82, 2.24) is 14.7 Å². The van der Waals surface area contributed by atoms with E-state index in [9.17, 15) is 9.90 Å². The van der Waals surface area contributed by atoms with Gasteiger partial charge >= 0.3 is 0 Å². The zero-order valence-electron chi connectivity index (χ0n) is 9.91. The van der Waals surface area contributed by atoms with Crippen LogP contribution in [0.5, 0.6) is 0 Å². The number of carbonyl (C=O) groups excluding carboxylic acids is 1. The van der Waals surface area contributed by atoms with Gasteiger partial charge < -0.3 is 15.7 Å². The number of nitrogens with two attached hydrogens (primary N) is 1. The molecular formula is C11H18N4O2. The number of nitrogens with zero attached hydrogens (tertiary/aromatic N) is 3. The Bertz CT molecular complexity index is 404. The highest BCUT2D eigenvalue weighted by Gasteiger charge is 2.32. The van der Waals surface area contributed by atoms with Crippen molar-refractivity contribution in [3.8, 4) is 0 Å². The van der Waals surface area contributed by atoms with Crippen LogP contribution in [0.2, 0.25) is 0 Å². The quantitative estimate of drug-likeness (QED) is 0.736. The Balaban J connectivity index is 2.09. The summed E-state index contributed by atoms with van der Waals surface area (Å²) in [5, 5.41) is 13.2. The van der Waals surface area contributed by atoms with E-state index >= 15 is 0 Å². The van der Waals surface area contributed by atoms with E-state index in [4.69, 9.17) is 5.73 Å². The van der Waals surface area contributed by atoms with Gasteiger partial charge in [0, 0.05) is 25.4 Å². The maximum Gasteiger partial charge on any atom is 0.244 e. The molecule has 1 saturated heterocycles. The van der Waals surface area contributed by atoms with E-state index in [-0.39, 0.29) is 18.6 Å². The Morgan fingerprint density at radius 3 is 3.12 bits per heavy atom. The Kier molecular flexibility index (Phi) is 3.44. The van der Waals surface area contributed by atoms with Crippen molar-refractivity contribution in [3.63, 3.8) is 0 Å². The molecule has 17 heavy (non-hydrogen) atoms. The second kappa shape index (κ2) is 4.85. The maximum atomic E-state index is 12.2. The van der Waals surface area contributed by atoms with Gasteiger partial charge in [-0.1, -0.05) is 0 Å². The van der Waals surface area contributed by atoms with Gasteiger partial charge in [0.2, 0.25) is 5.91 Å². The molecule has 0 saturated carbocycles. The molecule has 1 aliphatic heterocycles. The number of aliphatic hydroxyl groups excluding tert-OH is 1. The number of hydrogen-bond donors (Lipinski definition) is 2. The van der Waals surface area contributed by atoms with Gasteiger partial charge in [-0.2, -0.15) is 5.10 Å². The predicted octanol–water partition coefficient (Wildman–Crippen LogP) is -0.597. The fourth-order valence-electron chi connectivity index (χ4n) is 2.24. The highest BCUT2D eigenvalue weighted by Crippen LogP contribution is 2.21. The molecule has 1 fully saturated rings. The van der Waals surface area contributed by atoms with Crippen LogP contribution in [0.4, 0.5) is 0 Å². The Hall–Kier alpha value is -1.40. The number of aromatic nitrogens is 2. The summed E-state index contributed by atoms with van der Waals surface area (Å²) < 4.78 is 1.62. The van der Waals surface area contributed by atoms with Gasteiger partial charge in [-0.15, -0.1) is 0 Å². The number of amides is 1. The van der Waals surface area contributed by atoms with Gasteiger partial charge in [0.1, 0.15) is 6.04 Å². The van der Waals surface area contributed by atoms with E-state index in [2.05, 4.69) is 5.10 Å². The number of aryl methyl sites for hydroxylation is 1. The molecular weight excluding hydrogens is 220 g/mol. The van der Waals surface area contributed by atoms with Crippen LogP contribution < -0.4 is 5.73 Å². The first-order chi connectivity index (χ1) is 8.13. The number of carbonyl (C=O) groups is 1.